The van der Waals surface area contributed by atoms with Gasteiger partial charge in [0.15, 0.2) is 11.4 Å². The molecule has 1 amide bonds. The van der Waals surface area contributed by atoms with E-state index in [9.17, 15) is 14.8 Å². The van der Waals surface area contributed by atoms with E-state index in [-0.39, 0.29) is 17.5 Å². The second-order valence-electron chi connectivity index (χ2n) is 8.60. The van der Waals surface area contributed by atoms with Crippen LogP contribution in [0.2, 0.25) is 0 Å². The highest BCUT2D eigenvalue weighted by Crippen LogP contribution is 2.38. The maximum absolute atomic E-state index is 12.8. The van der Waals surface area contributed by atoms with Crippen LogP contribution in [0.1, 0.15) is 18.1 Å². The fraction of sp³-hybridized carbons (Fsp3) is 0.407. The molecule has 202 valence electrons. The van der Waals surface area contributed by atoms with Crippen molar-refractivity contribution >= 4 is 33.9 Å². The number of oxime groups is 1. The Hall–Kier alpha value is -3.80. The normalized spacial score (nSPS) is 14.0. The lowest BCUT2D eigenvalue weighted by molar-refractivity contribution is -0.112. The first-order chi connectivity index (χ1) is 18.6. The zero-order chi connectivity index (χ0) is 26.9. The molecular weight excluding hydrogens is 492 g/mol. The Balaban J connectivity index is 1.12. The number of anilines is 1. The van der Waals surface area contributed by atoms with Gasteiger partial charge in [0.05, 0.1) is 50.8 Å². The van der Waals surface area contributed by atoms with Gasteiger partial charge in [-0.3, -0.25) is 4.79 Å². The molecule has 3 aromatic rings. The first kappa shape index (κ1) is 27.2. The largest absolute Gasteiger partial charge is 0.493 e. The molecule has 2 heterocycles. The second-order valence-corrected chi connectivity index (χ2v) is 8.60. The highest BCUT2D eigenvalue weighted by molar-refractivity contribution is 6.54. The van der Waals surface area contributed by atoms with Crippen LogP contribution in [-0.2, 0) is 30.4 Å². The summed E-state index contributed by atoms with van der Waals surface area (Å²) in [5.41, 5.74) is 3.69. The number of carbonyl (C=O) groups excluding carboxylic acids is 1. The van der Waals surface area contributed by atoms with E-state index < -0.39 is 0 Å². The van der Waals surface area contributed by atoms with Gasteiger partial charge in [-0.15, -0.1) is 4.91 Å². The van der Waals surface area contributed by atoms with E-state index in [1.807, 2.05) is 44.2 Å². The Bertz CT molecular complexity index is 1300. The average Bonchev–Trinajstić information content (AvgIpc) is 3.34. The van der Waals surface area contributed by atoms with Gasteiger partial charge in [-0.25, -0.2) is 0 Å². The third kappa shape index (κ3) is 6.01. The molecule has 0 unspecified atom stereocenters. The molecule has 38 heavy (non-hydrogen) atoms. The van der Waals surface area contributed by atoms with Crippen LogP contribution in [0.3, 0.4) is 0 Å². The van der Waals surface area contributed by atoms with Crippen molar-refractivity contribution in [3.63, 3.8) is 0 Å². The smallest absolute Gasteiger partial charge is 0.281 e. The van der Waals surface area contributed by atoms with Gasteiger partial charge in [0.2, 0.25) is 5.88 Å². The maximum atomic E-state index is 12.8. The number of fused-ring (bicyclic) bond motifs is 2. The van der Waals surface area contributed by atoms with E-state index in [1.165, 1.54) is 0 Å². The van der Waals surface area contributed by atoms with Gasteiger partial charge in [-0.05, 0) is 37.2 Å². The predicted octanol–water partition coefficient (Wildman–Crippen LogP) is 3.89. The number of aromatic nitrogens is 1. The van der Waals surface area contributed by atoms with E-state index >= 15 is 0 Å². The summed E-state index contributed by atoms with van der Waals surface area (Å²) < 4.78 is 18.4. The van der Waals surface area contributed by atoms with Crippen molar-refractivity contribution in [2.45, 2.75) is 20.4 Å². The summed E-state index contributed by atoms with van der Waals surface area (Å²) in [6.45, 7) is 7.17. The van der Waals surface area contributed by atoms with E-state index in [0.717, 1.165) is 22.3 Å². The molecule has 0 bridgehead atoms. The number of hydrogen-bond donors (Lipinski definition) is 1. The third-order valence-electron chi connectivity index (χ3n) is 6.10. The van der Waals surface area contributed by atoms with Gasteiger partial charge < -0.3 is 33.6 Å². The van der Waals surface area contributed by atoms with Crippen molar-refractivity contribution < 1.29 is 28.9 Å². The molecular formula is C27H32N4O7. The molecule has 4 rings (SSSR count). The molecule has 1 aliphatic heterocycles. The molecule has 0 spiro atoms. The minimum atomic E-state index is -0.198. The molecule has 11 heteroatoms. The van der Waals surface area contributed by atoms with Crippen molar-refractivity contribution in [1.29, 1.82) is 0 Å². The molecule has 0 fully saturated rings. The molecule has 0 radical (unpaired) electrons. The van der Waals surface area contributed by atoms with Crippen LogP contribution in [0.15, 0.2) is 52.8 Å². The van der Waals surface area contributed by atoms with Gasteiger partial charge >= 0.3 is 0 Å². The van der Waals surface area contributed by atoms with E-state index in [4.69, 9.17) is 19.0 Å². The fourth-order valence-electron chi connectivity index (χ4n) is 4.31. The third-order valence-corrected chi connectivity index (χ3v) is 6.10. The van der Waals surface area contributed by atoms with Gasteiger partial charge in [0, 0.05) is 24.0 Å². The molecule has 0 atom stereocenters. The Morgan fingerprint density at radius 1 is 0.921 bits per heavy atom. The quantitative estimate of drug-likeness (QED) is 0.182. The second kappa shape index (κ2) is 13.1. The van der Waals surface area contributed by atoms with Crippen LogP contribution in [0.25, 0.3) is 10.9 Å². The van der Waals surface area contributed by atoms with E-state index in [2.05, 4.69) is 10.3 Å². The topological polar surface area (TPSA) is 124 Å². The van der Waals surface area contributed by atoms with Crippen LogP contribution in [-0.4, -0.2) is 74.1 Å². The molecule has 0 aliphatic carbocycles. The number of rotatable bonds is 15. The number of carbonyl (C=O) groups is 1. The summed E-state index contributed by atoms with van der Waals surface area (Å²) in [5.74, 6) is -0.360. The lowest BCUT2D eigenvalue weighted by Gasteiger charge is -2.17. The first-order valence-electron chi connectivity index (χ1n) is 12.6. The number of amides is 1. The van der Waals surface area contributed by atoms with Crippen molar-refractivity contribution in [2.24, 2.45) is 10.3 Å². The van der Waals surface area contributed by atoms with Crippen molar-refractivity contribution in [1.82, 2.24) is 4.57 Å². The summed E-state index contributed by atoms with van der Waals surface area (Å²) in [5, 5.41) is 17.9. The number of ether oxygens (including phenoxy) is 3. The number of aryl methyl sites for hydroxylation is 1. The Labute approximate surface area is 220 Å². The summed E-state index contributed by atoms with van der Waals surface area (Å²) in [4.78, 5) is 30.7. The number of nitroso groups, excluding NO2 is 1. The van der Waals surface area contributed by atoms with Crippen molar-refractivity contribution in [2.75, 3.05) is 57.7 Å². The Morgan fingerprint density at radius 2 is 1.61 bits per heavy atom. The van der Waals surface area contributed by atoms with E-state index in [1.54, 1.807) is 21.6 Å². The SMILES string of the molecule is CCO/N=C1/C(=O)N(CCOCCOCCOCCn2c(O)c(N=O)c3ccccc32)c2ccc(C)cc21. The molecule has 1 N–H and O–H groups in total. The van der Waals surface area contributed by atoms with Gasteiger partial charge in [0.25, 0.3) is 5.91 Å². The number of para-hydroxylation sites is 1. The Kier molecular flexibility index (Phi) is 9.41. The maximum Gasteiger partial charge on any atom is 0.281 e. The Morgan fingerprint density at radius 3 is 2.32 bits per heavy atom. The lowest BCUT2D eigenvalue weighted by Crippen LogP contribution is -2.33. The standard InChI is InChI=1S/C27H32N4O7/c1-3-38-29-25-21-18-19(2)8-9-23(21)31(27(25)33)11-13-36-15-17-37-16-14-35-12-10-30-22-7-5-4-6-20(22)24(28-34)26(30)32/h4-9,18,32H,3,10-17H2,1-2H3/b29-25+. The predicted molar refractivity (Wildman–Crippen MR) is 143 cm³/mol. The molecule has 1 aromatic heterocycles. The molecule has 1 aliphatic rings. The van der Waals surface area contributed by atoms with Crippen molar-refractivity contribution in [3.8, 4) is 5.88 Å². The number of aromatic hydroxyl groups is 1. The number of hydrogen-bond acceptors (Lipinski definition) is 9. The molecule has 0 saturated heterocycles. The zero-order valence-corrected chi connectivity index (χ0v) is 21.6. The molecule has 0 saturated carbocycles. The number of nitrogens with zero attached hydrogens (tertiary/aromatic N) is 4. The highest BCUT2D eigenvalue weighted by Gasteiger charge is 2.34. The minimum absolute atomic E-state index is 0.0384. The van der Waals surface area contributed by atoms with Gasteiger partial charge in [-0.1, -0.05) is 35.0 Å². The molecule has 11 nitrogen and oxygen atoms in total. The number of benzene rings is 2. The van der Waals surface area contributed by atoms with Crippen LogP contribution < -0.4 is 4.90 Å². The summed E-state index contributed by atoms with van der Waals surface area (Å²) in [6, 6.07) is 13.0. The van der Waals surface area contributed by atoms with Crippen molar-refractivity contribution in [3.05, 3.63) is 58.5 Å². The summed E-state index contributed by atoms with van der Waals surface area (Å²) >= 11 is 0. The average molecular weight is 525 g/mol. The highest BCUT2D eigenvalue weighted by atomic mass is 16.6. The van der Waals surface area contributed by atoms with Gasteiger partial charge in [-0.2, -0.15) is 0 Å². The molecule has 2 aromatic carbocycles. The van der Waals surface area contributed by atoms with E-state index in [0.29, 0.717) is 70.4 Å². The summed E-state index contributed by atoms with van der Waals surface area (Å²) in [6.07, 6.45) is 0. The van der Waals surface area contributed by atoms with Crippen LogP contribution in [0.4, 0.5) is 11.4 Å². The summed E-state index contributed by atoms with van der Waals surface area (Å²) in [7, 11) is 0. The first-order valence-corrected chi connectivity index (χ1v) is 12.6. The van der Waals surface area contributed by atoms with Gasteiger partial charge in [0.1, 0.15) is 6.61 Å². The minimum Gasteiger partial charge on any atom is -0.493 e. The van der Waals surface area contributed by atoms with Crippen LogP contribution >= 0.6 is 0 Å². The fourth-order valence-corrected chi connectivity index (χ4v) is 4.31. The monoisotopic (exact) mass is 524 g/mol. The zero-order valence-electron chi connectivity index (χ0n) is 21.6. The van der Waals surface area contributed by atoms with Crippen LogP contribution in [0.5, 0.6) is 5.88 Å². The van der Waals surface area contributed by atoms with Crippen LogP contribution in [0, 0.1) is 11.8 Å². The lowest BCUT2D eigenvalue weighted by atomic mass is 10.1.